The SMILES string of the molecule is CCN(CCC#N)c1ncnc2ccc(C)cc12. The third kappa shape index (κ3) is 2.40. The van der Waals surface area contributed by atoms with Gasteiger partial charge in [0, 0.05) is 18.5 Å². The van der Waals surface area contributed by atoms with Crippen LogP contribution in [0.4, 0.5) is 5.82 Å². The van der Waals surface area contributed by atoms with Crippen LogP contribution in [-0.2, 0) is 0 Å². The van der Waals surface area contributed by atoms with Gasteiger partial charge in [0.2, 0.25) is 0 Å². The maximum absolute atomic E-state index is 8.71. The first-order chi connectivity index (χ1) is 8.76. The van der Waals surface area contributed by atoms with E-state index in [9.17, 15) is 0 Å². The Morgan fingerprint density at radius 3 is 2.89 bits per heavy atom. The van der Waals surface area contributed by atoms with Crippen molar-refractivity contribution in [3.8, 4) is 6.07 Å². The topological polar surface area (TPSA) is 52.8 Å². The van der Waals surface area contributed by atoms with Gasteiger partial charge in [-0.2, -0.15) is 5.26 Å². The highest BCUT2D eigenvalue weighted by Crippen LogP contribution is 2.23. The van der Waals surface area contributed by atoms with Gasteiger partial charge in [0.05, 0.1) is 18.0 Å². The first-order valence-corrected chi connectivity index (χ1v) is 6.09. The van der Waals surface area contributed by atoms with Gasteiger partial charge >= 0.3 is 0 Å². The van der Waals surface area contributed by atoms with Gasteiger partial charge in [0.15, 0.2) is 0 Å². The Balaban J connectivity index is 2.48. The molecule has 92 valence electrons. The van der Waals surface area contributed by atoms with E-state index in [0.717, 1.165) is 23.3 Å². The summed E-state index contributed by atoms with van der Waals surface area (Å²) in [5, 5.41) is 9.76. The summed E-state index contributed by atoms with van der Waals surface area (Å²) < 4.78 is 0. The van der Waals surface area contributed by atoms with Crippen LogP contribution >= 0.6 is 0 Å². The maximum Gasteiger partial charge on any atom is 0.139 e. The predicted octanol–water partition coefficient (Wildman–Crippen LogP) is 2.68. The highest BCUT2D eigenvalue weighted by Gasteiger charge is 2.10. The first-order valence-electron chi connectivity index (χ1n) is 6.09. The largest absolute Gasteiger partial charge is 0.355 e. The van der Waals surface area contributed by atoms with E-state index < -0.39 is 0 Å². The molecule has 0 aliphatic carbocycles. The molecule has 0 fully saturated rings. The van der Waals surface area contributed by atoms with E-state index in [4.69, 9.17) is 5.26 Å². The zero-order valence-corrected chi connectivity index (χ0v) is 10.7. The number of fused-ring (bicyclic) bond motifs is 1. The van der Waals surface area contributed by atoms with Crippen LogP contribution in [-0.4, -0.2) is 23.1 Å². The molecule has 2 aromatic rings. The molecule has 18 heavy (non-hydrogen) atoms. The minimum Gasteiger partial charge on any atom is -0.355 e. The lowest BCUT2D eigenvalue weighted by molar-refractivity contribution is 0.813. The van der Waals surface area contributed by atoms with Crippen molar-refractivity contribution in [1.82, 2.24) is 9.97 Å². The number of anilines is 1. The molecule has 1 heterocycles. The van der Waals surface area contributed by atoms with Gasteiger partial charge < -0.3 is 4.90 Å². The van der Waals surface area contributed by atoms with Crippen molar-refractivity contribution < 1.29 is 0 Å². The third-order valence-electron chi connectivity index (χ3n) is 2.94. The van der Waals surface area contributed by atoms with E-state index in [-0.39, 0.29) is 0 Å². The van der Waals surface area contributed by atoms with E-state index in [0.29, 0.717) is 13.0 Å². The number of hydrogen-bond donors (Lipinski definition) is 0. The number of aromatic nitrogens is 2. The second-order valence-corrected chi connectivity index (χ2v) is 4.21. The van der Waals surface area contributed by atoms with Crippen LogP contribution in [0.15, 0.2) is 24.5 Å². The average Bonchev–Trinajstić information content (AvgIpc) is 2.40. The lowest BCUT2D eigenvalue weighted by Crippen LogP contribution is -2.25. The second kappa shape index (κ2) is 5.46. The van der Waals surface area contributed by atoms with Crippen molar-refractivity contribution in [3.63, 3.8) is 0 Å². The fourth-order valence-corrected chi connectivity index (χ4v) is 2.01. The number of rotatable bonds is 4. The van der Waals surface area contributed by atoms with Gasteiger partial charge in [-0.15, -0.1) is 0 Å². The molecule has 4 heteroatoms. The summed E-state index contributed by atoms with van der Waals surface area (Å²) >= 11 is 0. The van der Waals surface area contributed by atoms with E-state index in [1.165, 1.54) is 5.56 Å². The molecule has 0 radical (unpaired) electrons. The Morgan fingerprint density at radius 1 is 1.33 bits per heavy atom. The van der Waals surface area contributed by atoms with Crippen molar-refractivity contribution in [2.75, 3.05) is 18.0 Å². The maximum atomic E-state index is 8.71. The number of nitrogens with zero attached hydrogens (tertiary/aromatic N) is 4. The molecule has 0 saturated heterocycles. The normalized spacial score (nSPS) is 10.3. The molecule has 0 spiro atoms. The molecule has 0 atom stereocenters. The molecule has 4 nitrogen and oxygen atoms in total. The summed E-state index contributed by atoms with van der Waals surface area (Å²) in [4.78, 5) is 10.8. The summed E-state index contributed by atoms with van der Waals surface area (Å²) in [6, 6.07) is 8.33. The van der Waals surface area contributed by atoms with E-state index in [2.05, 4.69) is 40.9 Å². The Labute approximate surface area is 107 Å². The first kappa shape index (κ1) is 12.3. The van der Waals surface area contributed by atoms with Crippen molar-refractivity contribution in [3.05, 3.63) is 30.1 Å². The predicted molar refractivity (Wildman–Crippen MR) is 72.4 cm³/mol. The van der Waals surface area contributed by atoms with Crippen LogP contribution in [0.5, 0.6) is 0 Å². The highest BCUT2D eigenvalue weighted by atomic mass is 15.2. The van der Waals surface area contributed by atoms with Gasteiger partial charge in [-0.1, -0.05) is 11.6 Å². The number of hydrogen-bond acceptors (Lipinski definition) is 4. The Hall–Kier alpha value is -2.15. The third-order valence-corrected chi connectivity index (χ3v) is 2.94. The Bertz CT molecular complexity index is 586. The molecule has 1 aromatic heterocycles. The number of benzene rings is 1. The number of aryl methyl sites for hydroxylation is 1. The van der Waals surface area contributed by atoms with Crippen LogP contribution in [0.1, 0.15) is 18.9 Å². The van der Waals surface area contributed by atoms with Crippen LogP contribution in [0.25, 0.3) is 10.9 Å². The average molecular weight is 240 g/mol. The zero-order chi connectivity index (χ0) is 13.0. The van der Waals surface area contributed by atoms with Crippen LogP contribution in [0, 0.1) is 18.3 Å². The van der Waals surface area contributed by atoms with E-state index in [1.807, 2.05) is 12.1 Å². The quantitative estimate of drug-likeness (QED) is 0.824. The fourth-order valence-electron chi connectivity index (χ4n) is 2.01. The summed E-state index contributed by atoms with van der Waals surface area (Å²) in [6.45, 7) is 5.66. The van der Waals surface area contributed by atoms with Gasteiger partial charge in [-0.05, 0) is 26.0 Å². The monoisotopic (exact) mass is 240 g/mol. The Morgan fingerprint density at radius 2 is 2.17 bits per heavy atom. The van der Waals surface area contributed by atoms with Crippen molar-refractivity contribution in [2.45, 2.75) is 20.3 Å². The van der Waals surface area contributed by atoms with Gasteiger partial charge in [-0.3, -0.25) is 0 Å². The molecule has 1 aromatic carbocycles. The minimum atomic E-state index is 0.505. The molecule has 2 rings (SSSR count). The Kier molecular flexibility index (Phi) is 3.73. The minimum absolute atomic E-state index is 0.505. The summed E-state index contributed by atoms with van der Waals surface area (Å²) in [5.74, 6) is 0.918. The summed E-state index contributed by atoms with van der Waals surface area (Å²) in [5.41, 5.74) is 2.14. The molecule has 0 aliphatic rings. The zero-order valence-electron chi connectivity index (χ0n) is 10.7. The van der Waals surface area contributed by atoms with Crippen molar-refractivity contribution >= 4 is 16.7 Å². The van der Waals surface area contributed by atoms with Gasteiger partial charge in [-0.25, -0.2) is 9.97 Å². The standard InChI is InChI=1S/C14H16N4/c1-3-18(8-4-7-15)14-12-9-11(2)5-6-13(12)16-10-17-14/h5-6,9-10H,3-4,8H2,1-2H3. The van der Waals surface area contributed by atoms with Crippen LogP contribution in [0.2, 0.25) is 0 Å². The molecular weight excluding hydrogens is 224 g/mol. The molecule has 0 unspecified atom stereocenters. The van der Waals surface area contributed by atoms with Crippen molar-refractivity contribution in [2.24, 2.45) is 0 Å². The van der Waals surface area contributed by atoms with Gasteiger partial charge in [0.1, 0.15) is 12.1 Å². The molecular formula is C14H16N4. The fraction of sp³-hybridized carbons (Fsp3) is 0.357. The molecule has 0 amide bonds. The van der Waals surface area contributed by atoms with Crippen LogP contribution in [0.3, 0.4) is 0 Å². The number of nitriles is 1. The lowest BCUT2D eigenvalue weighted by Gasteiger charge is -2.21. The lowest BCUT2D eigenvalue weighted by atomic mass is 10.1. The molecule has 0 saturated carbocycles. The van der Waals surface area contributed by atoms with Crippen molar-refractivity contribution in [1.29, 1.82) is 5.26 Å². The highest BCUT2D eigenvalue weighted by molar-refractivity contribution is 5.89. The molecule has 0 aliphatic heterocycles. The van der Waals surface area contributed by atoms with Gasteiger partial charge in [0.25, 0.3) is 0 Å². The molecule has 0 bridgehead atoms. The van der Waals surface area contributed by atoms with E-state index >= 15 is 0 Å². The summed E-state index contributed by atoms with van der Waals surface area (Å²) in [7, 11) is 0. The molecule has 0 N–H and O–H groups in total. The second-order valence-electron chi connectivity index (χ2n) is 4.21. The summed E-state index contributed by atoms with van der Waals surface area (Å²) in [6.07, 6.45) is 2.09. The van der Waals surface area contributed by atoms with Crippen LogP contribution < -0.4 is 4.90 Å². The smallest absolute Gasteiger partial charge is 0.139 e. The van der Waals surface area contributed by atoms with E-state index in [1.54, 1.807) is 6.33 Å².